The van der Waals surface area contributed by atoms with Crippen LogP contribution in [0.5, 0.6) is 0 Å². The number of halogens is 4. The first-order valence-electron chi connectivity index (χ1n) is 15.0. The lowest BCUT2D eigenvalue weighted by Gasteiger charge is -2.24. The number of alkyl halides is 4. The van der Waals surface area contributed by atoms with Crippen LogP contribution < -0.4 is 0 Å². The van der Waals surface area contributed by atoms with Gasteiger partial charge in [0.15, 0.2) is 6.04 Å². The molecule has 4 aromatic rings. The Morgan fingerprint density at radius 1 is 1.15 bits per heavy atom. The minimum Gasteiger partial charge on any atom is -0.464 e. The average Bonchev–Trinajstić information content (AvgIpc) is 3.66. The lowest BCUT2D eigenvalue weighted by atomic mass is 9.94. The number of amides is 1. The Morgan fingerprint density at radius 2 is 1.85 bits per heavy atom. The molecule has 13 heteroatoms. The number of rotatable bonds is 8. The van der Waals surface area contributed by atoms with Gasteiger partial charge in [-0.15, -0.1) is 0 Å². The van der Waals surface area contributed by atoms with Gasteiger partial charge in [0, 0.05) is 37.3 Å². The van der Waals surface area contributed by atoms with E-state index in [1.165, 1.54) is 17.4 Å². The molecule has 0 spiro atoms. The first-order valence-corrected chi connectivity index (χ1v) is 15.0. The van der Waals surface area contributed by atoms with Crippen LogP contribution in [0.4, 0.5) is 22.4 Å². The fourth-order valence-electron chi connectivity index (χ4n) is 5.65. The summed E-state index contributed by atoms with van der Waals surface area (Å²) in [5, 5.41) is 4.33. The fraction of sp³-hybridized carbons (Fsp3) is 0.455. The van der Waals surface area contributed by atoms with Crippen molar-refractivity contribution in [2.75, 3.05) is 20.2 Å². The smallest absolute Gasteiger partial charge is 0.417 e. The highest BCUT2D eigenvalue weighted by atomic mass is 19.4. The van der Waals surface area contributed by atoms with Gasteiger partial charge in [-0.05, 0) is 69.4 Å². The Kier molecular flexibility index (Phi) is 8.89. The monoisotopic (exact) mass is 643 g/mol. The van der Waals surface area contributed by atoms with E-state index in [0.717, 1.165) is 16.3 Å². The van der Waals surface area contributed by atoms with Gasteiger partial charge in [0.05, 0.1) is 36.3 Å². The highest BCUT2D eigenvalue weighted by Gasteiger charge is 2.38. The number of likely N-dealkylation sites (N-methyl/N-ethyl adjacent to an activating group) is 1. The van der Waals surface area contributed by atoms with E-state index in [0.29, 0.717) is 35.3 Å². The summed E-state index contributed by atoms with van der Waals surface area (Å²) in [6, 6.07) is 6.88. The number of aromatic nitrogens is 4. The zero-order valence-corrected chi connectivity index (χ0v) is 26.6. The highest BCUT2D eigenvalue weighted by molar-refractivity contribution is 5.92. The van der Waals surface area contributed by atoms with Crippen molar-refractivity contribution < 1.29 is 36.6 Å². The summed E-state index contributed by atoms with van der Waals surface area (Å²) < 4.78 is 71.1. The zero-order chi connectivity index (χ0) is 33.6. The van der Waals surface area contributed by atoms with Crippen molar-refractivity contribution in [1.29, 1.82) is 0 Å². The Bertz CT molecular complexity index is 1750. The number of benzene rings is 2. The van der Waals surface area contributed by atoms with Crippen LogP contribution >= 0.6 is 0 Å². The third-order valence-corrected chi connectivity index (χ3v) is 7.90. The molecule has 2 aromatic carbocycles. The first-order chi connectivity index (χ1) is 21.6. The van der Waals surface area contributed by atoms with Crippen molar-refractivity contribution in [3.05, 3.63) is 70.9 Å². The topological polar surface area (TPSA) is 91.5 Å². The molecule has 0 N–H and O–H groups in total. The Balaban J connectivity index is 1.50. The van der Waals surface area contributed by atoms with Crippen molar-refractivity contribution in [1.82, 2.24) is 24.2 Å². The van der Waals surface area contributed by atoms with Gasteiger partial charge >= 0.3 is 18.2 Å². The van der Waals surface area contributed by atoms with Gasteiger partial charge in [0.25, 0.3) is 0 Å². The van der Waals surface area contributed by atoms with Crippen molar-refractivity contribution in [3.8, 4) is 11.1 Å². The van der Waals surface area contributed by atoms with Crippen molar-refractivity contribution >= 4 is 23.0 Å². The zero-order valence-electron chi connectivity index (χ0n) is 26.6. The molecule has 46 heavy (non-hydrogen) atoms. The number of ether oxygens (including phenoxy) is 2. The number of hydrogen-bond donors (Lipinski definition) is 0. The number of imidazole rings is 1. The second-order valence-electron chi connectivity index (χ2n) is 12.5. The van der Waals surface area contributed by atoms with Crippen LogP contribution in [0.2, 0.25) is 0 Å². The second-order valence-corrected chi connectivity index (χ2v) is 12.5. The molecule has 1 amide bonds. The number of fused-ring (bicyclic) bond motifs is 2. The molecule has 1 aliphatic heterocycles. The molecule has 1 unspecified atom stereocenters. The molecular formula is C33H37F4N5O4. The van der Waals surface area contributed by atoms with E-state index >= 15 is 0 Å². The Labute approximate surface area is 264 Å². The van der Waals surface area contributed by atoms with Crippen LogP contribution in [-0.2, 0) is 39.8 Å². The van der Waals surface area contributed by atoms with Gasteiger partial charge in [-0.3, -0.25) is 4.68 Å². The number of carbonyl (C=O) groups is 2. The summed E-state index contributed by atoms with van der Waals surface area (Å²) in [6.07, 6.45) is -3.18. The van der Waals surface area contributed by atoms with Crippen LogP contribution in [-0.4, -0.2) is 68.3 Å². The third kappa shape index (κ3) is 6.73. The maximum Gasteiger partial charge on any atom is 0.417 e. The van der Waals surface area contributed by atoms with Crippen molar-refractivity contribution in [3.63, 3.8) is 0 Å². The third-order valence-electron chi connectivity index (χ3n) is 7.90. The molecule has 246 valence electrons. The van der Waals surface area contributed by atoms with E-state index in [2.05, 4.69) is 10.1 Å². The van der Waals surface area contributed by atoms with Crippen molar-refractivity contribution in [2.45, 2.75) is 78.0 Å². The Morgan fingerprint density at radius 3 is 2.48 bits per heavy atom. The van der Waals surface area contributed by atoms with Gasteiger partial charge in [-0.2, -0.15) is 18.3 Å². The molecule has 1 aliphatic rings. The molecule has 0 fully saturated rings. The molecule has 9 nitrogen and oxygen atoms in total. The number of nitrogens with zero attached hydrogens (tertiary/aromatic N) is 5. The predicted octanol–water partition coefficient (Wildman–Crippen LogP) is 6.68. The minimum atomic E-state index is -4.72. The number of esters is 1. The largest absolute Gasteiger partial charge is 0.464 e. The number of hydrogen-bond acceptors (Lipinski definition) is 6. The van der Waals surface area contributed by atoms with Gasteiger partial charge in [-0.25, -0.2) is 19.0 Å². The standard InChI is InChI=1S/C33H37F4N5O4/c1-7-45-30(43)29(28-26-14-22(34)16-41(26)18-38-28)42-17-24-25(33(35,36)37)15-23(19(2)27(24)39-42)21-10-8-20(9-11-21)12-13-40(6)31(44)46-32(3,4)5/h8-11,15,17-18,22,29H,7,12-14,16H2,1-6H3/t22-,29?/m1/s1. The van der Waals surface area contributed by atoms with Crippen LogP contribution in [0.1, 0.15) is 61.8 Å². The van der Waals surface area contributed by atoms with E-state index in [-0.39, 0.29) is 36.2 Å². The SMILES string of the molecule is CCOC(=O)C(c1ncn2c1C[C@@H](F)C2)n1cc2c(C(F)(F)F)cc(-c3ccc(CCN(C)C(=O)OC(C)(C)C)cc3)c(C)c2n1. The van der Waals surface area contributed by atoms with Crippen molar-refractivity contribution in [2.24, 2.45) is 0 Å². The fourth-order valence-corrected chi connectivity index (χ4v) is 5.65. The molecular weight excluding hydrogens is 606 g/mol. The first kappa shape index (κ1) is 33.0. The number of carbonyl (C=O) groups excluding carboxylic acids is 2. The highest BCUT2D eigenvalue weighted by Crippen LogP contribution is 2.41. The van der Waals surface area contributed by atoms with E-state index < -0.39 is 41.6 Å². The van der Waals surface area contributed by atoms with E-state index in [1.807, 2.05) is 12.1 Å². The summed E-state index contributed by atoms with van der Waals surface area (Å²) in [6.45, 7) is 9.17. The summed E-state index contributed by atoms with van der Waals surface area (Å²) in [4.78, 5) is 31.3. The molecule has 2 aromatic heterocycles. The molecule has 0 saturated heterocycles. The minimum absolute atomic E-state index is 0.0241. The molecule has 0 bridgehead atoms. The van der Waals surface area contributed by atoms with Crippen LogP contribution in [0.25, 0.3) is 22.0 Å². The lowest BCUT2D eigenvalue weighted by molar-refractivity contribution is -0.146. The molecule has 0 radical (unpaired) electrons. The van der Waals surface area contributed by atoms with Crippen LogP contribution in [0, 0.1) is 6.92 Å². The van der Waals surface area contributed by atoms with E-state index in [9.17, 15) is 27.2 Å². The van der Waals surface area contributed by atoms with E-state index in [4.69, 9.17) is 9.47 Å². The normalized spacial score (nSPS) is 15.6. The van der Waals surface area contributed by atoms with Crippen LogP contribution in [0.15, 0.2) is 42.9 Å². The molecule has 2 atom stereocenters. The number of aryl methyl sites for hydroxylation is 1. The summed E-state index contributed by atoms with van der Waals surface area (Å²) >= 11 is 0. The van der Waals surface area contributed by atoms with Gasteiger partial charge in [0.2, 0.25) is 0 Å². The Hall–Kier alpha value is -4.42. The lowest BCUT2D eigenvalue weighted by Crippen LogP contribution is -2.35. The molecule has 0 aliphatic carbocycles. The van der Waals surface area contributed by atoms with Gasteiger partial charge < -0.3 is 18.9 Å². The summed E-state index contributed by atoms with van der Waals surface area (Å²) in [5.74, 6) is -0.751. The summed E-state index contributed by atoms with van der Waals surface area (Å²) in [5.41, 5.74) is 1.49. The van der Waals surface area contributed by atoms with Gasteiger partial charge in [-0.1, -0.05) is 24.3 Å². The molecule has 0 saturated carbocycles. The summed E-state index contributed by atoms with van der Waals surface area (Å²) in [7, 11) is 1.64. The maximum atomic E-state index is 14.5. The van der Waals surface area contributed by atoms with E-state index in [1.54, 1.807) is 58.4 Å². The average molecular weight is 644 g/mol. The molecule has 3 heterocycles. The van der Waals surface area contributed by atoms with Crippen LogP contribution in [0.3, 0.4) is 0 Å². The van der Waals surface area contributed by atoms with Gasteiger partial charge in [0.1, 0.15) is 11.8 Å². The second kappa shape index (κ2) is 12.4. The quantitative estimate of drug-likeness (QED) is 0.157. The predicted molar refractivity (Wildman–Crippen MR) is 163 cm³/mol. The maximum absolute atomic E-state index is 14.5. The molecule has 5 rings (SSSR count).